The van der Waals surface area contributed by atoms with Gasteiger partial charge in [0.25, 0.3) is 0 Å². The molecule has 0 fully saturated rings. The predicted molar refractivity (Wildman–Crippen MR) is 78.5 cm³/mol. The quantitative estimate of drug-likeness (QED) is 0.133. The van der Waals surface area contributed by atoms with Gasteiger partial charge in [0.15, 0.2) is 0 Å². The molecule has 2 aromatic rings. The summed E-state index contributed by atoms with van der Waals surface area (Å²) in [4.78, 5) is 31.3. The molecule has 2 aromatic carbocycles. The van der Waals surface area contributed by atoms with Crippen LogP contribution >= 0.6 is 15.6 Å². The number of hydrogen-bond donors (Lipinski definition) is 0. The van der Waals surface area contributed by atoms with E-state index in [1.165, 1.54) is 0 Å². The van der Waals surface area contributed by atoms with Gasteiger partial charge >= 0.3 is 162 Å². The first-order valence-corrected chi connectivity index (χ1v) is 9.06. The van der Waals surface area contributed by atoms with Crippen LogP contribution in [0.15, 0.2) is 65.5 Å². The van der Waals surface area contributed by atoms with E-state index in [4.69, 9.17) is 33.8 Å². The van der Waals surface area contributed by atoms with E-state index in [0.29, 0.717) is 11.5 Å². The van der Waals surface area contributed by atoms with Gasteiger partial charge in [-0.3, -0.25) is 0 Å². The average molecular weight is 487 g/mol. The molecule has 0 amide bonds. The summed E-state index contributed by atoms with van der Waals surface area (Å²) in [6.45, 7) is 0. The van der Waals surface area contributed by atoms with Crippen molar-refractivity contribution in [3.05, 3.63) is 71.1 Å². The smallest absolute Gasteiger partial charge is 0.822 e. The summed E-state index contributed by atoms with van der Waals surface area (Å²) in [5, 5.41) is 0. The third-order valence-electron chi connectivity index (χ3n) is 2.08. The van der Waals surface area contributed by atoms with E-state index in [1.54, 1.807) is 60.7 Å². The van der Waals surface area contributed by atoms with Gasteiger partial charge in [0, 0.05) is 9.80 Å². The van der Waals surface area contributed by atoms with E-state index in [2.05, 4.69) is 9.80 Å². The zero-order valence-corrected chi connectivity index (χ0v) is 26.0. The maximum atomic E-state index is 12.3. The summed E-state index contributed by atoms with van der Waals surface area (Å²) in [7, 11) is -9.34. The molecule has 10 nitrogen and oxygen atoms in total. The Bertz CT molecular complexity index is 736. The molecular weight excluding hydrogens is 477 g/mol. The average Bonchev–Trinajstić information content (AvgIpc) is 2.47. The molecule has 0 aliphatic carbocycles. The fourth-order valence-electron chi connectivity index (χ4n) is 1.33. The molecule has 128 valence electrons. The van der Waals surface area contributed by atoms with Gasteiger partial charge in [-0.05, 0) is 29.8 Å². The van der Waals surface area contributed by atoms with E-state index in [1.807, 2.05) is 0 Å². The van der Waals surface area contributed by atoms with Crippen LogP contribution in [0.25, 0.3) is 10.4 Å². The number of benzene rings is 2. The molecular formula is C12H10K3N3O7P2. The topological polar surface area (TPSA) is 171 Å². The normalized spacial score (nSPS) is 9.44. The number of para-hydroxylation sites is 2. The molecule has 0 aromatic heterocycles. The molecule has 0 unspecified atom stereocenters. The Labute approximate surface area is 283 Å². The molecule has 0 bridgehead atoms. The van der Waals surface area contributed by atoms with E-state index in [0.717, 1.165) is 0 Å². The van der Waals surface area contributed by atoms with Crippen LogP contribution < -0.4 is 178 Å². The fraction of sp³-hybridized carbons (Fsp3) is 0. The van der Waals surface area contributed by atoms with Gasteiger partial charge in [-0.1, -0.05) is 36.4 Å². The van der Waals surface area contributed by atoms with Crippen LogP contribution in [0.3, 0.4) is 0 Å². The first kappa shape index (κ1) is 34.2. The van der Waals surface area contributed by atoms with Crippen LogP contribution in [-0.2, 0) is 9.13 Å². The van der Waals surface area contributed by atoms with Crippen LogP contribution in [0.2, 0.25) is 0 Å². The third-order valence-corrected chi connectivity index (χ3v) is 3.26. The van der Waals surface area contributed by atoms with E-state index >= 15 is 0 Å². The standard InChI is InChI=1S/C12H10N3O3P.3K.H3O4P/c13-14-15-19(16,17-11-7-3-1-4-8-11)18-12-9-5-2-6-10-12;;;;1-5(2,3)4/h1-10H;;;;(H3,1,2,3,4)/q;3*+1;/p-3. The second kappa shape index (κ2) is 18.2. The zero-order valence-electron chi connectivity index (χ0n) is 14.9. The molecule has 0 atom stereocenters. The van der Waals surface area contributed by atoms with Gasteiger partial charge in [0.05, 0.1) is 0 Å². The van der Waals surface area contributed by atoms with Gasteiger partial charge in [-0.15, -0.1) is 0 Å². The van der Waals surface area contributed by atoms with Crippen molar-refractivity contribution in [1.82, 2.24) is 0 Å². The maximum Gasteiger partial charge on any atom is 1.00 e. The second-order valence-electron chi connectivity index (χ2n) is 3.90. The number of rotatable bonds is 5. The SMILES string of the molecule is O=P([O-])([O-])[O-].[K+].[K+].[K+].[N-]=[N+]=NP(=O)(Oc1ccccc1)Oc1ccccc1. The molecule has 2 rings (SSSR count). The van der Waals surface area contributed by atoms with Crippen molar-refractivity contribution < 1.29 is 187 Å². The zero-order chi connectivity index (χ0) is 18.1. The summed E-state index contributed by atoms with van der Waals surface area (Å²) >= 11 is 0. The summed E-state index contributed by atoms with van der Waals surface area (Å²) < 4.78 is 31.2. The minimum atomic E-state index is -5.39. The molecule has 0 heterocycles. The molecule has 0 spiro atoms. The van der Waals surface area contributed by atoms with Crippen molar-refractivity contribution >= 4 is 15.6 Å². The minimum absolute atomic E-state index is 0. The van der Waals surface area contributed by atoms with Gasteiger partial charge < -0.3 is 28.3 Å². The van der Waals surface area contributed by atoms with Gasteiger partial charge in [-0.25, -0.2) is 4.57 Å². The summed E-state index contributed by atoms with van der Waals surface area (Å²) in [5.74, 6) is 0.600. The largest absolute Gasteiger partial charge is 1.00 e. The Kier molecular flexibility index (Phi) is 23.1. The third kappa shape index (κ3) is 19.0. The summed E-state index contributed by atoms with van der Waals surface area (Å²) in [6, 6.07) is 16.8. The molecule has 27 heavy (non-hydrogen) atoms. The van der Waals surface area contributed by atoms with Crippen molar-refractivity contribution in [2.45, 2.75) is 0 Å². The first-order chi connectivity index (χ1) is 11.2. The monoisotopic (exact) mass is 487 g/mol. The summed E-state index contributed by atoms with van der Waals surface area (Å²) in [6.07, 6.45) is 0. The molecule has 0 aliphatic heterocycles. The Morgan fingerprint density at radius 2 is 1.07 bits per heavy atom. The Morgan fingerprint density at radius 3 is 1.33 bits per heavy atom. The van der Waals surface area contributed by atoms with E-state index < -0.39 is 15.6 Å². The fourth-order valence-corrected chi connectivity index (χ4v) is 2.32. The molecule has 15 heteroatoms. The van der Waals surface area contributed by atoms with Crippen molar-refractivity contribution in [3.63, 3.8) is 0 Å². The summed E-state index contributed by atoms with van der Waals surface area (Å²) in [5.41, 5.74) is 8.48. The number of phosphoric acid groups is 1. The van der Waals surface area contributed by atoms with Crippen molar-refractivity contribution in [2.24, 2.45) is 4.88 Å². The predicted octanol–water partition coefficient (Wildman–Crippen LogP) is -7.25. The molecule has 0 radical (unpaired) electrons. The van der Waals surface area contributed by atoms with Gasteiger partial charge in [0.2, 0.25) is 0 Å². The minimum Gasteiger partial charge on any atom is -0.822 e. The molecule has 0 N–H and O–H groups in total. The number of hydrogen-bond acceptors (Lipinski definition) is 7. The Morgan fingerprint density at radius 1 is 0.778 bits per heavy atom. The molecule has 0 saturated carbocycles. The van der Waals surface area contributed by atoms with E-state index in [-0.39, 0.29) is 154 Å². The van der Waals surface area contributed by atoms with Crippen molar-refractivity contribution in [3.8, 4) is 11.5 Å². The first-order valence-electron chi connectivity index (χ1n) is 6.11. The Balaban J connectivity index is -0.000000644. The second-order valence-corrected chi connectivity index (χ2v) is 6.28. The van der Waals surface area contributed by atoms with Gasteiger partial charge in [-0.2, -0.15) is 7.82 Å². The molecule has 0 saturated heterocycles. The van der Waals surface area contributed by atoms with Crippen molar-refractivity contribution in [1.29, 1.82) is 0 Å². The van der Waals surface area contributed by atoms with Crippen molar-refractivity contribution in [2.75, 3.05) is 0 Å². The van der Waals surface area contributed by atoms with Crippen LogP contribution in [0.5, 0.6) is 11.5 Å². The van der Waals surface area contributed by atoms with E-state index in [9.17, 15) is 4.57 Å². The number of azide groups is 1. The van der Waals surface area contributed by atoms with Crippen LogP contribution in [0.4, 0.5) is 0 Å². The van der Waals surface area contributed by atoms with Crippen LogP contribution in [-0.4, -0.2) is 0 Å². The van der Waals surface area contributed by atoms with Crippen LogP contribution in [0, 0.1) is 0 Å². The Hall–Kier alpha value is 2.60. The van der Waals surface area contributed by atoms with Crippen LogP contribution in [0.1, 0.15) is 0 Å². The molecule has 0 aliphatic rings. The number of nitrogens with zero attached hydrogens (tertiary/aromatic N) is 3. The van der Waals surface area contributed by atoms with Gasteiger partial charge in [0.1, 0.15) is 11.5 Å². The maximum absolute atomic E-state index is 12.3.